The van der Waals surface area contributed by atoms with Crippen LogP contribution in [0.15, 0.2) is 48.7 Å². The molecule has 1 heterocycles. The first-order chi connectivity index (χ1) is 9.80. The Kier molecular flexibility index (Phi) is 3.39. The SMILES string of the molecule is N#Cc1ccc(NCC2(Cc3ccccc3)CC2)cn1. The summed E-state index contributed by atoms with van der Waals surface area (Å²) in [5, 5.41) is 12.2. The Bertz CT molecular complexity index is 607. The Hall–Kier alpha value is -2.34. The van der Waals surface area contributed by atoms with Crippen LogP contribution < -0.4 is 5.32 Å². The minimum absolute atomic E-state index is 0.398. The van der Waals surface area contributed by atoms with Crippen LogP contribution in [0, 0.1) is 16.7 Å². The van der Waals surface area contributed by atoms with Gasteiger partial charge in [-0.2, -0.15) is 5.26 Å². The van der Waals surface area contributed by atoms with Crippen molar-refractivity contribution >= 4 is 5.69 Å². The third-order valence-corrected chi connectivity index (χ3v) is 3.92. The van der Waals surface area contributed by atoms with Gasteiger partial charge in [-0.05, 0) is 42.4 Å². The first-order valence-electron chi connectivity index (χ1n) is 6.94. The van der Waals surface area contributed by atoms with E-state index in [1.54, 1.807) is 12.3 Å². The van der Waals surface area contributed by atoms with Gasteiger partial charge in [-0.1, -0.05) is 30.3 Å². The van der Waals surface area contributed by atoms with Gasteiger partial charge in [0.15, 0.2) is 0 Å². The summed E-state index contributed by atoms with van der Waals surface area (Å²) in [7, 11) is 0. The number of rotatable bonds is 5. The average molecular weight is 263 g/mol. The lowest BCUT2D eigenvalue weighted by atomic mass is 9.96. The third-order valence-electron chi connectivity index (χ3n) is 3.92. The van der Waals surface area contributed by atoms with Gasteiger partial charge in [0, 0.05) is 6.54 Å². The fraction of sp³-hybridized carbons (Fsp3) is 0.294. The molecule has 0 aliphatic heterocycles. The van der Waals surface area contributed by atoms with Crippen molar-refractivity contribution in [1.82, 2.24) is 4.98 Å². The van der Waals surface area contributed by atoms with Crippen molar-refractivity contribution in [3.8, 4) is 6.07 Å². The maximum Gasteiger partial charge on any atom is 0.140 e. The van der Waals surface area contributed by atoms with Crippen LogP contribution in [-0.4, -0.2) is 11.5 Å². The molecule has 0 spiro atoms. The standard InChI is InChI=1S/C17H17N3/c18-11-15-6-7-16(12-19-15)20-13-17(8-9-17)10-14-4-2-1-3-5-14/h1-7,12,20H,8-10,13H2. The van der Waals surface area contributed by atoms with Gasteiger partial charge in [-0.15, -0.1) is 0 Å². The second kappa shape index (κ2) is 5.34. The van der Waals surface area contributed by atoms with Crippen molar-refractivity contribution in [3.63, 3.8) is 0 Å². The van der Waals surface area contributed by atoms with Crippen LogP contribution in [0.3, 0.4) is 0 Å². The van der Waals surface area contributed by atoms with Gasteiger partial charge >= 0.3 is 0 Å². The number of hydrogen-bond acceptors (Lipinski definition) is 3. The Balaban J connectivity index is 1.59. The minimum atomic E-state index is 0.398. The highest BCUT2D eigenvalue weighted by Crippen LogP contribution is 2.48. The predicted molar refractivity (Wildman–Crippen MR) is 79.3 cm³/mol. The van der Waals surface area contributed by atoms with Crippen LogP contribution in [0.2, 0.25) is 0 Å². The largest absolute Gasteiger partial charge is 0.383 e. The van der Waals surface area contributed by atoms with E-state index in [0.717, 1.165) is 18.7 Å². The Morgan fingerprint density at radius 3 is 2.55 bits per heavy atom. The molecule has 1 fully saturated rings. The lowest BCUT2D eigenvalue weighted by molar-refractivity contribution is 0.538. The number of aromatic nitrogens is 1. The third kappa shape index (κ3) is 2.97. The molecular weight excluding hydrogens is 246 g/mol. The number of pyridine rings is 1. The summed E-state index contributed by atoms with van der Waals surface area (Å²) in [6.07, 6.45) is 5.42. The zero-order chi connectivity index (χ0) is 13.8. The van der Waals surface area contributed by atoms with E-state index in [-0.39, 0.29) is 0 Å². The number of benzene rings is 1. The van der Waals surface area contributed by atoms with Crippen LogP contribution >= 0.6 is 0 Å². The Morgan fingerprint density at radius 2 is 1.95 bits per heavy atom. The van der Waals surface area contributed by atoms with Gasteiger partial charge in [0.2, 0.25) is 0 Å². The fourth-order valence-corrected chi connectivity index (χ4v) is 2.48. The first kappa shape index (κ1) is 12.7. The van der Waals surface area contributed by atoms with E-state index >= 15 is 0 Å². The molecule has 3 heteroatoms. The van der Waals surface area contributed by atoms with Crippen LogP contribution in [0.1, 0.15) is 24.1 Å². The molecule has 0 unspecified atom stereocenters. The molecule has 0 radical (unpaired) electrons. The smallest absolute Gasteiger partial charge is 0.140 e. The maximum absolute atomic E-state index is 8.73. The molecule has 3 nitrogen and oxygen atoms in total. The Morgan fingerprint density at radius 1 is 1.15 bits per heavy atom. The van der Waals surface area contributed by atoms with Crippen molar-refractivity contribution in [2.75, 3.05) is 11.9 Å². The molecule has 2 aromatic rings. The summed E-state index contributed by atoms with van der Waals surface area (Å²) < 4.78 is 0. The monoisotopic (exact) mass is 263 g/mol. The Labute approximate surface area is 119 Å². The molecule has 20 heavy (non-hydrogen) atoms. The van der Waals surface area contributed by atoms with Gasteiger partial charge in [0.05, 0.1) is 11.9 Å². The summed E-state index contributed by atoms with van der Waals surface area (Å²) in [4.78, 5) is 4.08. The van der Waals surface area contributed by atoms with Gasteiger partial charge < -0.3 is 5.32 Å². The van der Waals surface area contributed by atoms with E-state index in [9.17, 15) is 0 Å². The van der Waals surface area contributed by atoms with Gasteiger partial charge in [-0.25, -0.2) is 4.98 Å². The molecule has 0 bridgehead atoms. The van der Waals surface area contributed by atoms with Crippen LogP contribution in [0.25, 0.3) is 0 Å². The second-order valence-corrected chi connectivity index (χ2v) is 5.56. The van der Waals surface area contributed by atoms with Crippen LogP contribution in [-0.2, 0) is 6.42 Å². The van der Waals surface area contributed by atoms with Crippen molar-refractivity contribution in [1.29, 1.82) is 5.26 Å². The van der Waals surface area contributed by atoms with E-state index in [2.05, 4.69) is 40.6 Å². The zero-order valence-corrected chi connectivity index (χ0v) is 11.3. The van der Waals surface area contributed by atoms with Crippen molar-refractivity contribution in [2.24, 2.45) is 5.41 Å². The summed E-state index contributed by atoms with van der Waals surface area (Å²) >= 11 is 0. The van der Waals surface area contributed by atoms with Crippen molar-refractivity contribution in [3.05, 3.63) is 59.9 Å². The van der Waals surface area contributed by atoms with Gasteiger partial charge in [-0.3, -0.25) is 0 Å². The highest BCUT2D eigenvalue weighted by molar-refractivity contribution is 5.43. The minimum Gasteiger partial charge on any atom is -0.383 e. The van der Waals surface area contributed by atoms with Gasteiger partial charge in [0.1, 0.15) is 11.8 Å². The highest BCUT2D eigenvalue weighted by atomic mass is 14.9. The molecule has 1 aromatic carbocycles. The molecule has 0 atom stereocenters. The molecule has 0 saturated heterocycles. The number of nitriles is 1. The van der Waals surface area contributed by atoms with Crippen LogP contribution in [0.5, 0.6) is 0 Å². The normalized spacial score (nSPS) is 15.3. The zero-order valence-electron chi connectivity index (χ0n) is 11.3. The van der Waals surface area contributed by atoms with E-state index in [1.807, 2.05) is 12.1 Å². The number of nitrogens with one attached hydrogen (secondary N) is 1. The van der Waals surface area contributed by atoms with Crippen molar-refractivity contribution < 1.29 is 0 Å². The number of nitrogens with zero attached hydrogens (tertiary/aromatic N) is 2. The molecule has 1 aliphatic rings. The predicted octanol–water partition coefficient (Wildman–Crippen LogP) is 3.39. The highest BCUT2D eigenvalue weighted by Gasteiger charge is 2.42. The summed E-state index contributed by atoms with van der Waals surface area (Å²) in [6.45, 7) is 0.968. The maximum atomic E-state index is 8.73. The molecule has 0 amide bonds. The molecule has 3 rings (SSSR count). The molecule has 1 saturated carbocycles. The number of anilines is 1. The summed E-state index contributed by atoms with van der Waals surface area (Å²) in [5.74, 6) is 0. The molecule has 1 aliphatic carbocycles. The van der Waals surface area contributed by atoms with Crippen LogP contribution in [0.4, 0.5) is 5.69 Å². The van der Waals surface area contributed by atoms with Crippen molar-refractivity contribution in [2.45, 2.75) is 19.3 Å². The average Bonchev–Trinajstić information content (AvgIpc) is 3.27. The quantitative estimate of drug-likeness (QED) is 0.899. The van der Waals surface area contributed by atoms with E-state index < -0.39 is 0 Å². The molecule has 1 aromatic heterocycles. The van der Waals surface area contributed by atoms with E-state index in [0.29, 0.717) is 11.1 Å². The second-order valence-electron chi connectivity index (χ2n) is 5.56. The molecular formula is C17H17N3. The lowest BCUT2D eigenvalue weighted by Gasteiger charge is -2.17. The van der Waals surface area contributed by atoms with Gasteiger partial charge in [0.25, 0.3) is 0 Å². The summed E-state index contributed by atoms with van der Waals surface area (Å²) in [6, 6.07) is 16.4. The topological polar surface area (TPSA) is 48.7 Å². The number of hydrogen-bond donors (Lipinski definition) is 1. The van der Waals surface area contributed by atoms with E-state index in [4.69, 9.17) is 5.26 Å². The van der Waals surface area contributed by atoms with E-state index in [1.165, 1.54) is 18.4 Å². The summed E-state index contributed by atoms with van der Waals surface area (Å²) in [5.41, 5.74) is 3.25. The molecule has 1 N–H and O–H groups in total. The first-order valence-corrected chi connectivity index (χ1v) is 6.94. The molecule has 100 valence electrons. The lowest BCUT2D eigenvalue weighted by Crippen LogP contribution is -2.18. The fourth-order valence-electron chi connectivity index (χ4n) is 2.48.